The van der Waals surface area contributed by atoms with Crippen LogP contribution in [0.2, 0.25) is 0 Å². The van der Waals surface area contributed by atoms with Crippen molar-refractivity contribution in [1.29, 1.82) is 0 Å². The van der Waals surface area contributed by atoms with E-state index in [-0.39, 0.29) is 0 Å². The van der Waals surface area contributed by atoms with E-state index in [9.17, 15) is 0 Å². The third kappa shape index (κ3) is 3.57. The van der Waals surface area contributed by atoms with Crippen LogP contribution in [0.3, 0.4) is 0 Å². The van der Waals surface area contributed by atoms with Gasteiger partial charge in [-0.25, -0.2) is 4.98 Å². The zero-order valence-electron chi connectivity index (χ0n) is 13.0. The lowest BCUT2D eigenvalue weighted by molar-refractivity contribution is 0.0963. The molecule has 0 bridgehead atoms. The Morgan fingerprint density at radius 2 is 1.95 bits per heavy atom. The number of para-hydroxylation sites is 1. The lowest BCUT2D eigenvalue weighted by Gasteiger charge is -2.32. The number of pyridine rings is 1. The van der Waals surface area contributed by atoms with Gasteiger partial charge in [0.2, 0.25) is 0 Å². The van der Waals surface area contributed by atoms with E-state index < -0.39 is 0 Å². The number of benzene rings is 1. The van der Waals surface area contributed by atoms with Gasteiger partial charge < -0.3 is 10.5 Å². The molecule has 4 heteroatoms. The number of likely N-dealkylation sites (tertiary alicyclic amines) is 1. The maximum Gasteiger partial charge on any atom is 0.127 e. The molecule has 0 amide bonds. The molecule has 3 rings (SSSR count). The molecule has 4 nitrogen and oxygen atoms in total. The summed E-state index contributed by atoms with van der Waals surface area (Å²) in [6.07, 6.45) is 4.15. The zero-order valence-corrected chi connectivity index (χ0v) is 13.0. The Morgan fingerprint density at radius 1 is 1.18 bits per heavy atom. The molecule has 1 aromatic heterocycles. The second kappa shape index (κ2) is 6.79. The monoisotopic (exact) mass is 297 g/mol. The van der Waals surface area contributed by atoms with Crippen LogP contribution < -0.4 is 10.5 Å². The van der Waals surface area contributed by atoms with Gasteiger partial charge >= 0.3 is 0 Å². The molecule has 1 saturated heterocycles. The first-order chi connectivity index (χ1) is 10.7. The fourth-order valence-electron chi connectivity index (χ4n) is 2.88. The number of nitrogen functional groups attached to an aromatic ring is 1. The van der Waals surface area contributed by atoms with Crippen molar-refractivity contribution in [3.63, 3.8) is 0 Å². The molecule has 22 heavy (non-hydrogen) atoms. The van der Waals surface area contributed by atoms with E-state index in [0.29, 0.717) is 11.9 Å². The van der Waals surface area contributed by atoms with Crippen LogP contribution >= 0.6 is 0 Å². The van der Waals surface area contributed by atoms with E-state index in [0.717, 1.165) is 43.8 Å². The molecule has 0 atom stereocenters. The van der Waals surface area contributed by atoms with E-state index in [1.807, 2.05) is 18.2 Å². The lowest BCUT2D eigenvalue weighted by Crippen LogP contribution is -2.38. The number of ether oxygens (including phenoxy) is 1. The van der Waals surface area contributed by atoms with Crippen LogP contribution in [0.15, 0.2) is 42.6 Å². The van der Waals surface area contributed by atoms with E-state index >= 15 is 0 Å². The van der Waals surface area contributed by atoms with Crippen LogP contribution in [0, 0.1) is 6.92 Å². The molecule has 0 unspecified atom stereocenters. The third-order valence-corrected chi connectivity index (χ3v) is 4.24. The normalized spacial score (nSPS) is 16.6. The summed E-state index contributed by atoms with van der Waals surface area (Å²) in [6, 6.07) is 12.2. The topological polar surface area (TPSA) is 51.4 Å². The minimum absolute atomic E-state index is 0.309. The average Bonchev–Trinajstić information content (AvgIpc) is 2.54. The van der Waals surface area contributed by atoms with Gasteiger partial charge in [-0.3, -0.25) is 4.90 Å². The van der Waals surface area contributed by atoms with Crippen LogP contribution in [0.25, 0.3) is 0 Å². The van der Waals surface area contributed by atoms with Crippen LogP contribution in [0.5, 0.6) is 5.75 Å². The Hall–Kier alpha value is -2.07. The second-order valence-corrected chi connectivity index (χ2v) is 5.91. The number of nitrogens with zero attached hydrogens (tertiary/aromatic N) is 2. The minimum atomic E-state index is 0.309. The van der Waals surface area contributed by atoms with Crippen molar-refractivity contribution >= 4 is 5.82 Å². The van der Waals surface area contributed by atoms with Crippen molar-refractivity contribution < 1.29 is 4.74 Å². The fraction of sp³-hybridized carbons (Fsp3) is 0.389. The first-order valence-electron chi connectivity index (χ1n) is 7.86. The number of hydrogen-bond acceptors (Lipinski definition) is 4. The molecule has 2 aromatic rings. The number of nitrogens with two attached hydrogens (primary N) is 1. The fourth-order valence-corrected chi connectivity index (χ4v) is 2.88. The van der Waals surface area contributed by atoms with Crippen LogP contribution in [-0.2, 0) is 6.54 Å². The van der Waals surface area contributed by atoms with Crippen molar-refractivity contribution in [3.05, 3.63) is 53.7 Å². The van der Waals surface area contributed by atoms with Gasteiger partial charge in [0.1, 0.15) is 17.7 Å². The lowest BCUT2D eigenvalue weighted by atomic mass is 10.1. The second-order valence-electron chi connectivity index (χ2n) is 5.91. The Balaban J connectivity index is 1.52. The predicted octanol–water partition coefficient (Wildman–Crippen LogP) is 3.02. The van der Waals surface area contributed by atoms with Gasteiger partial charge in [0.25, 0.3) is 0 Å². The number of rotatable bonds is 4. The van der Waals surface area contributed by atoms with Crippen molar-refractivity contribution in [1.82, 2.24) is 9.88 Å². The molecule has 1 aromatic carbocycles. The maximum atomic E-state index is 6.14. The summed E-state index contributed by atoms with van der Waals surface area (Å²) in [5.41, 5.74) is 8.24. The third-order valence-electron chi connectivity index (χ3n) is 4.24. The highest BCUT2D eigenvalue weighted by atomic mass is 16.5. The highest BCUT2D eigenvalue weighted by Crippen LogP contribution is 2.23. The predicted molar refractivity (Wildman–Crippen MR) is 88.8 cm³/mol. The summed E-state index contributed by atoms with van der Waals surface area (Å²) in [6.45, 7) is 5.03. The Kier molecular flexibility index (Phi) is 4.59. The molecule has 0 aliphatic carbocycles. The van der Waals surface area contributed by atoms with E-state index in [2.05, 4.69) is 35.0 Å². The van der Waals surface area contributed by atoms with Gasteiger partial charge in [0.05, 0.1) is 0 Å². The van der Waals surface area contributed by atoms with Gasteiger partial charge in [-0.05, 0) is 37.5 Å². The number of hydrogen-bond donors (Lipinski definition) is 1. The molecule has 116 valence electrons. The number of aromatic nitrogens is 1. The van der Waals surface area contributed by atoms with E-state index in [1.54, 1.807) is 6.20 Å². The first kappa shape index (κ1) is 14.9. The van der Waals surface area contributed by atoms with Gasteiger partial charge in [0.15, 0.2) is 0 Å². The van der Waals surface area contributed by atoms with Crippen LogP contribution in [0.1, 0.15) is 24.0 Å². The smallest absolute Gasteiger partial charge is 0.127 e. The van der Waals surface area contributed by atoms with E-state index in [1.165, 1.54) is 5.56 Å². The summed E-state index contributed by atoms with van der Waals surface area (Å²) in [7, 11) is 0. The SMILES string of the molecule is Cc1ccccc1OC1CCN(Cc2cccnc2N)CC1. The van der Waals surface area contributed by atoms with Gasteiger partial charge in [-0.2, -0.15) is 0 Å². The average molecular weight is 297 g/mol. The van der Waals surface area contributed by atoms with Crippen molar-refractivity contribution in [2.75, 3.05) is 18.8 Å². The summed E-state index contributed by atoms with van der Waals surface area (Å²) in [4.78, 5) is 6.57. The van der Waals surface area contributed by atoms with Crippen molar-refractivity contribution in [2.24, 2.45) is 0 Å². The summed E-state index contributed by atoms with van der Waals surface area (Å²) in [5.74, 6) is 1.65. The molecule has 0 spiro atoms. The largest absolute Gasteiger partial charge is 0.490 e. The Bertz CT molecular complexity index is 566. The zero-order chi connectivity index (χ0) is 15.4. The quantitative estimate of drug-likeness (QED) is 0.942. The Morgan fingerprint density at radius 3 is 2.68 bits per heavy atom. The van der Waals surface area contributed by atoms with Gasteiger partial charge in [-0.15, -0.1) is 0 Å². The summed E-state index contributed by atoms with van der Waals surface area (Å²) >= 11 is 0. The van der Waals surface area contributed by atoms with Crippen molar-refractivity contribution in [2.45, 2.75) is 32.4 Å². The maximum absolute atomic E-state index is 6.14. The van der Waals surface area contributed by atoms with Crippen LogP contribution in [0.4, 0.5) is 5.82 Å². The highest BCUT2D eigenvalue weighted by Gasteiger charge is 2.21. The van der Waals surface area contributed by atoms with E-state index in [4.69, 9.17) is 10.5 Å². The summed E-state index contributed by atoms with van der Waals surface area (Å²) in [5, 5.41) is 0. The molecular weight excluding hydrogens is 274 g/mol. The molecule has 1 aliphatic rings. The number of aryl methyl sites for hydroxylation is 1. The number of anilines is 1. The number of piperidine rings is 1. The molecule has 2 heterocycles. The van der Waals surface area contributed by atoms with Crippen molar-refractivity contribution in [3.8, 4) is 5.75 Å². The summed E-state index contributed by atoms with van der Waals surface area (Å²) < 4.78 is 6.14. The molecule has 0 radical (unpaired) electrons. The molecule has 1 fully saturated rings. The molecule has 2 N–H and O–H groups in total. The first-order valence-corrected chi connectivity index (χ1v) is 7.86. The molecular formula is C18H23N3O. The molecule has 0 saturated carbocycles. The van der Waals surface area contributed by atoms with Gasteiger partial charge in [-0.1, -0.05) is 24.3 Å². The van der Waals surface area contributed by atoms with Crippen LogP contribution in [-0.4, -0.2) is 29.1 Å². The molecule has 1 aliphatic heterocycles. The minimum Gasteiger partial charge on any atom is -0.490 e. The highest BCUT2D eigenvalue weighted by molar-refractivity contribution is 5.38. The standard InChI is InChI=1S/C18H23N3O/c1-14-5-2-3-7-17(14)22-16-8-11-21(12-9-16)13-15-6-4-10-20-18(15)19/h2-7,10,16H,8-9,11-13H2,1H3,(H2,19,20). The Labute approximate surface area is 131 Å². The van der Waals surface area contributed by atoms with Gasteiger partial charge in [0, 0.05) is 31.4 Å².